The number of amides is 3. The Kier molecular flexibility index (Phi) is 7.76. The molecule has 0 radical (unpaired) electrons. The number of para-hydroxylation sites is 1. The van der Waals surface area contributed by atoms with Crippen LogP contribution in [0.15, 0.2) is 54.6 Å². The first kappa shape index (κ1) is 22.5. The van der Waals surface area contributed by atoms with Crippen molar-refractivity contribution in [1.82, 2.24) is 10.2 Å². The molecule has 3 rings (SSSR count). The maximum Gasteiger partial charge on any atom is 0.228 e. The van der Waals surface area contributed by atoms with E-state index in [4.69, 9.17) is 0 Å². The quantitative estimate of drug-likeness (QED) is 0.742. The van der Waals surface area contributed by atoms with Gasteiger partial charge in [-0.15, -0.1) is 0 Å². The summed E-state index contributed by atoms with van der Waals surface area (Å²) in [4.78, 5) is 40.8. The van der Waals surface area contributed by atoms with Gasteiger partial charge >= 0.3 is 0 Å². The van der Waals surface area contributed by atoms with Gasteiger partial charge in [-0.25, -0.2) is 4.39 Å². The lowest BCUT2D eigenvalue weighted by molar-refractivity contribution is -0.135. The fourth-order valence-electron chi connectivity index (χ4n) is 3.71. The van der Waals surface area contributed by atoms with Gasteiger partial charge in [0.25, 0.3) is 0 Å². The first-order chi connectivity index (χ1) is 14.9. The van der Waals surface area contributed by atoms with Crippen molar-refractivity contribution in [3.05, 3.63) is 66.0 Å². The van der Waals surface area contributed by atoms with Crippen LogP contribution < -0.4 is 10.2 Å². The van der Waals surface area contributed by atoms with E-state index in [0.717, 1.165) is 17.7 Å². The van der Waals surface area contributed by atoms with E-state index in [1.807, 2.05) is 30.3 Å². The Morgan fingerprint density at radius 1 is 1.10 bits per heavy atom. The van der Waals surface area contributed by atoms with E-state index in [1.165, 1.54) is 12.1 Å². The number of likely N-dealkylation sites (tertiary alicyclic amines) is 1. The smallest absolute Gasteiger partial charge is 0.228 e. The van der Waals surface area contributed by atoms with Crippen LogP contribution >= 0.6 is 0 Å². The minimum Gasteiger partial charge on any atom is -0.355 e. The highest BCUT2D eigenvalue weighted by atomic mass is 19.1. The van der Waals surface area contributed by atoms with E-state index in [9.17, 15) is 18.8 Å². The SMILES string of the molecule is CN(C(=O)CCNC(=O)[C@@H]1CCCN(C(=O)Cc2ccc(F)cc2)C1)c1ccccc1. The van der Waals surface area contributed by atoms with Crippen molar-refractivity contribution in [2.24, 2.45) is 5.92 Å². The molecule has 1 atom stereocenters. The van der Waals surface area contributed by atoms with E-state index in [2.05, 4.69) is 5.32 Å². The lowest BCUT2D eigenvalue weighted by Crippen LogP contribution is -2.46. The molecule has 2 aromatic rings. The summed E-state index contributed by atoms with van der Waals surface area (Å²) in [7, 11) is 1.71. The molecule has 31 heavy (non-hydrogen) atoms. The van der Waals surface area contributed by atoms with Gasteiger partial charge in [-0.2, -0.15) is 0 Å². The second kappa shape index (κ2) is 10.7. The van der Waals surface area contributed by atoms with Crippen molar-refractivity contribution in [1.29, 1.82) is 0 Å². The molecular weight excluding hydrogens is 397 g/mol. The standard InChI is InChI=1S/C24H28FN3O3/c1-27(21-7-3-2-4-8-21)22(29)13-14-26-24(31)19-6-5-15-28(17-19)23(30)16-18-9-11-20(25)12-10-18/h2-4,7-12,19H,5-6,13-17H2,1H3,(H,26,31)/t19-/m1/s1. The van der Waals surface area contributed by atoms with Crippen LogP contribution in [-0.2, 0) is 20.8 Å². The molecule has 0 spiro atoms. The highest BCUT2D eigenvalue weighted by molar-refractivity contribution is 5.93. The summed E-state index contributed by atoms with van der Waals surface area (Å²) in [5, 5.41) is 2.84. The van der Waals surface area contributed by atoms with Crippen molar-refractivity contribution >= 4 is 23.4 Å². The summed E-state index contributed by atoms with van der Waals surface area (Å²) >= 11 is 0. The number of carbonyl (C=O) groups is 3. The molecule has 1 fully saturated rings. The summed E-state index contributed by atoms with van der Waals surface area (Å²) in [5.41, 5.74) is 1.56. The molecule has 0 bridgehead atoms. The molecule has 7 heteroatoms. The molecule has 0 aliphatic carbocycles. The van der Waals surface area contributed by atoms with E-state index in [-0.39, 0.29) is 48.8 Å². The second-order valence-corrected chi connectivity index (χ2v) is 7.81. The molecule has 1 aliphatic heterocycles. The summed E-state index contributed by atoms with van der Waals surface area (Å²) in [6.07, 6.45) is 1.86. The van der Waals surface area contributed by atoms with Crippen molar-refractivity contribution in [2.75, 3.05) is 31.6 Å². The van der Waals surface area contributed by atoms with E-state index in [0.29, 0.717) is 19.5 Å². The largest absolute Gasteiger partial charge is 0.355 e. The number of carbonyl (C=O) groups excluding carboxylic acids is 3. The molecule has 1 N–H and O–H groups in total. The number of rotatable bonds is 7. The summed E-state index contributed by atoms with van der Waals surface area (Å²) in [6.45, 7) is 1.24. The van der Waals surface area contributed by atoms with Gasteiger partial charge in [-0.3, -0.25) is 14.4 Å². The topological polar surface area (TPSA) is 69.7 Å². The van der Waals surface area contributed by atoms with Crippen LogP contribution in [0.25, 0.3) is 0 Å². The second-order valence-electron chi connectivity index (χ2n) is 7.81. The fraction of sp³-hybridized carbons (Fsp3) is 0.375. The predicted octanol–water partition coefficient (Wildman–Crippen LogP) is 2.78. The molecule has 2 aromatic carbocycles. The summed E-state index contributed by atoms with van der Waals surface area (Å²) in [6, 6.07) is 15.2. The third-order valence-electron chi connectivity index (χ3n) is 5.57. The Balaban J connectivity index is 1.44. The van der Waals surface area contributed by atoms with Gasteiger partial charge in [-0.1, -0.05) is 30.3 Å². The molecule has 1 aliphatic rings. The summed E-state index contributed by atoms with van der Waals surface area (Å²) < 4.78 is 13.0. The minimum absolute atomic E-state index is 0.0660. The lowest BCUT2D eigenvalue weighted by Gasteiger charge is -2.32. The van der Waals surface area contributed by atoms with E-state index < -0.39 is 0 Å². The molecule has 1 saturated heterocycles. The van der Waals surface area contributed by atoms with Gasteiger partial charge in [-0.05, 0) is 42.7 Å². The number of halogens is 1. The normalized spacial score (nSPS) is 15.9. The highest BCUT2D eigenvalue weighted by Gasteiger charge is 2.28. The molecule has 0 unspecified atom stereocenters. The van der Waals surface area contributed by atoms with Crippen LogP contribution in [0.5, 0.6) is 0 Å². The van der Waals surface area contributed by atoms with E-state index in [1.54, 1.807) is 29.0 Å². The summed E-state index contributed by atoms with van der Waals surface area (Å²) in [5.74, 6) is -0.892. The zero-order valence-electron chi connectivity index (χ0n) is 17.7. The maximum absolute atomic E-state index is 13.0. The van der Waals surface area contributed by atoms with Crippen LogP contribution in [0.1, 0.15) is 24.8 Å². The molecule has 164 valence electrons. The Labute approximate surface area is 182 Å². The number of hydrogen-bond donors (Lipinski definition) is 1. The highest BCUT2D eigenvalue weighted by Crippen LogP contribution is 2.18. The van der Waals surface area contributed by atoms with E-state index >= 15 is 0 Å². The number of nitrogens with zero attached hydrogens (tertiary/aromatic N) is 2. The van der Waals surface area contributed by atoms with Crippen molar-refractivity contribution in [2.45, 2.75) is 25.7 Å². The number of piperidine rings is 1. The minimum atomic E-state index is -0.334. The monoisotopic (exact) mass is 425 g/mol. The van der Waals surface area contributed by atoms with Crippen molar-refractivity contribution < 1.29 is 18.8 Å². The van der Waals surface area contributed by atoms with Gasteiger partial charge < -0.3 is 15.1 Å². The first-order valence-corrected chi connectivity index (χ1v) is 10.6. The third-order valence-corrected chi connectivity index (χ3v) is 5.57. The lowest BCUT2D eigenvalue weighted by atomic mass is 9.96. The zero-order chi connectivity index (χ0) is 22.2. The zero-order valence-corrected chi connectivity index (χ0v) is 17.7. The van der Waals surface area contributed by atoms with Crippen LogP contribution in [0.4, 0.5) is 10.1 Å². The Morgan fingerprint density at radius 3 is 2.52 bits per heavy atom. The molecule has 0 saturated carbocycles. The van der Waals surface area contributed by atoms with Crippen LogP contribution in [0.2, 0.25) is 0 Å². The number of benzene rings is 2. The maximum atomic E-state index is 13.0. The van der Waals surface area contributed by atoms with Crippen LogP contribution in [0, 0.1) is 11.7 Å². The number of anilines is 1. The predicted molar refractivity (Wildman–Crippen MR) is 117 cm³/mol. The van der Waals surface area contributed by atoms with Crippen molar-refractivity contribution in [3.63, 3.8) is 0 Å². The number of hydrogen-bond acceptors (Lipinski definition) is 3. The molecule has 6 nitrogen and oxygen atoms in total. The van der Waals surface area contributed by atoms with Gasteiger partial charge in [0.15, 0.2) is 0 Å². The molecule has 0 aromatic heterocycles. The van der Waals surface area contributed by atoms with Gasteiger partial charge in [0, 0.05) is 38.8 Å². The van der Waals surface area contributed by atoms with Gasteiger partial charge in [0.1, 0.15) is 5.82 Å². The average molecular weight is 426 g/mol. The Morgan fingerprint density at radius 2 is 1.81 bits per heavy atom. The van der Waals surface area contributed by atoms with Crippen LogP contribution in [0.3, 0.4) is 0 Å². The molecule has 3 amide bonds. The fourth-order valence-corrected chi connectivity index (χ4v) is 3.71. The third kappa shape index (κ3) is 6.38. The Bertz CT molecular complexity index is 902. The Hall–Kier alpha value is -3.22. The average Bonchev–Trinajstić information content (AvgIpc) is 2.80. The molecular formula is C24H28FN3O3. The van der Waals surface area contributed by atoms with Crippen LogP contribution in [-0.4, -0.2) is 49.3 Å². The molecule has 1 heterocycles. The van der Waals surface area contributed by atoms with Gasteiger partial charge in [0.05, 0.1) is 12.3 Å². The van der Waals surface area contributed by atoms with Gasteiger partial charge in [0.2, 0.25) is 17.7 Å². The van der Waals surface area contributed by atoms with Crippen molar-refractivity contribution in [3.8, 4) is 0 Å². The first-order valence-electron chi connectivity index (χ1n) is 10.6. The number of nitrogens with one attached hydrogen (secondary N) is 1.